The van der Waals surface area contributed by atoms with Gasteiger partial charge in [-0.25, -0.2) is 4.79 Å². The van der Waals surface area contributed by atoms with Crippen molar-refractivity contribution in [2.45, 2.75) is 32.4 Å². The summed E-state index contributed by atoms with van der Waals surface area (Å²) in [6, 6.07) is 7.51. The van der Waals surface area contributed by atoms with Gasteiger partial charge >= 0.3 is 5.97 Å². The molecule has 0 aliphatic carbocycles. The van der Waals surface area contributed by atoms with Crippen LogP contribution in [0, 0.1) is 0 Å². The van der Waals surface area contributed by atoms with Crippen LogP contribution in [0.3, 0.4) is 0 Å². The number of benzene rings is 1. The summed E-state index contributed by atoms with van der Waals surface area (Å²) >= 11 is 0. The highest BCUT2D eigenvalue weighted by atomic mass is 16.4. The second kappa shape index (κ2) is 6.54. The molecule has 0 bridgehead atoms. The fourth-order valence-electron chi connectivity index (χ4n) is 2.22. The molecule has 0 saturated heterocycles. The lowest BCUT2D eigenvalue weighted by molar-refractivity contribution is 0.0663. The van der Waals surface area contributed by atoms with Crippen LogP contribution in [0.15, 0.2) is 28.7 Å². The molecule has 5 nitrogen and oxygen atoms in total. The summed E-state index contributed by atoms with van der Waals surface area (Å²) in [6.07, 6.45) is 1.57. The number of fused-ring (bicyclic) bond motifs is 1. The predicted molar refractivity (Wildman–Crippen MR) is 75.8 cm³/mol. The van der Waals surface area contributed by atoms with E-state index in [0.717, 1.165) is 18.2 Å². The van der Waals surface area contributed by atoms with Crippen LogP contribution in [0.25, 0.3) is 11.0 Å². The molecule has 5 heteroatoms. The third-order valence-corrected chi connectivity index (χ3v) is 3.32. The maximum atomic E-state index is 11.3. The molecule has 1 atom stereocenters. The molecule has 0 fully saturated rings. The van der Waals surface area contributed by atoms with Crippen molar-refractivity contribution in [1.29, 1.82) is 0 Å². The van der Waals surface area contributed by atoms with Crippen molar-refractivity contribution in [3.63, 3.8) is 0 Å². The highest BCUT2D eigenvalue weighted by Gasteiger charge is 2.19. The number of carboxylic acid groups (broad SMARTS) is 1. The fourth-order valence-corrected chi connectivity index (χ4v) is 2.22. The van der Waals surface area contributed by atoms with Crippen molar-refractivity contribution in [3.8, 4) is 0 Å². The molecule has 1 unspecified atom stereocenters. The van der Waals surface area contributed by atoms with Gasteiger partial charge in [-0.2, -0.15) is 0 Å². The van der Waals surface area contributed by atoms with E-state index < -0.39 is 5.97 Å². The number of carboxylic acids is 1. The molecule has 20 heavy (non-hydrogen) atoms. The zero-order valence-corrected chi connectivity index (χ0v) is 11.4. The van der Waals surface area contributed by atoms with Gasteiger partial charge in [0.25, 0.3) is 0 Å². The number of hydrogen-bond donors (Lipinski definition) is 3. The fraction of sp³-hybridized carbons (Fsp3) is 0.400. The van der Waals surface area contributed by atoms with Gasteiger partial charge in [-0.15, -0.1) is 0 Å². The standard InChI is InChI=1S/C15H19NO4/c1-10(5-4-8-17)16-9-12-11-6-2-3-7-13(11)20-14(12)15(18)19/h2-3,6-7,10,16-17H,4-5,8-9H2,1H3,(H,18,19). The Morgan fingerprint density at radius 1 is 1.40 bits per heavy atom. The summed E-state index contributed by atoms with van der Waals surface area (Å²) in [7, 11) is 0. The minimum absolute atomic E-state index is 0.00643. The molecule has 0 amide bonds. The molecule has 1 heterocycles. The summed E-state index contributed by atoms with van der Waals surface area (Å²) in [5.74, 6) is -1.06. The van der Waals surface area contributed by atoms with Crippen LogP contribution < -0.4 is 5.32 Å². The smallest absolute Gasteiger partial charge is 0.372 e. The first-order valence-electron chi connectivity index (χ1n) is 6.71. The Bertz CT molecular complexity index is 591. The monoisotopic (exact) mass is 277 g/mol. The molecule has 3 N–H and O–H groups in total. The lowest BCUT2D eigenvalue weighted by Gasteiger charge is -2.12. The second-order valence-electron chi connectivity index (χ2n) is 4.86. The van der Waals surface area contributed by atoms with Gasteiger partial charge in [-0.1, -0.05) is 18.2 Å². The third kappa shape index (κ3) is 3.18. The molecule has 2 aromatic rings. The lowest BCUT2D eigenvalue weighted by Crippen LogP contribution is -2.26. The summed E-state index contributed by atoms with van der Waals surface area (Å²) in [5, 5.41) is 22.1. The van der Waals surface area contributed by atoms with Crippen LogP contribution in [-0.2, 0) is 6.54 Å². The Morgan fingerprint density at radius 2 is 2.15 bits per heavy atom. The largest absolute Gasteiger partial charge is 0.475 e. The van der Waals surface area contributed by atoms with E-state index in [1.807, 2.05) is 25.1 Å². The Hall–Kier alpha value is -1.85. The van der Waals surface area contributed by atoms with E-state index in [9.17, 15) is 9.90 Å². The molecule has 0 aliphatic rings. The molecule has 0 saturated carbocycles. The van der Waals surface area contributed by atoms with Crippen LogP contribution in [0.2, 0.25) is 0 Å². The highest BCUT2D eigenvalue weighted by molar-refractivity contribution is 5.95. The number of hydrogen-bond acceptors (Lipinski definition) is 4. The van der Waals surface area contributed by atoms with E-state index in [1.165, 1.54) is 0 Å². The van der Waals surface area contributed by atoms with Gasteiger partial charge in [0.15, 0.2) is 0 Å². The topological polar surface area (TPSA) is 82.7 Å². The quantitative estimate of drug-likeness (QED) is 0.723. The van der Waals surface area contributed by atoms with E-state index in [2.05, 4.69) is 5.32 Å². The van der Waals surface area contributed by atoms with Crippen molar-refractivity contribution >= 4 is 16.9 Å². The molecular weight excluding hydrogens is 258 g/mol. The van der Waals surface area contributed by atoms with Crippen LogP contribution in [0.1, 0.15) is 35.9 Å². The van der Waals surface area contributed by atoms with Gasteiger partial charge in [0.05, 0.1) is 0 Å². The van der Waals surface area contributed by atoms with E-state index in [-0.39, 0.29) is 18.4 Å². The lowest BCUT2D eigenvalue weighted by atomic mass is 10.1. The highest BCUT2D eigenvalue weighted by Crippen LogP contribution is 2.26. The summed E-state index contributed by atoms with van der Waals surface area (Å²) in [5.41, 5.74) is 1.26. The number of aliphatic hydroxyl groups excluding tert-OH is 1. The van der Waals surface area contributed by atoms with Gasteiger partial charge < -0.3 is 19.9 Å². The van der Waals surface area contributed by atoms with Gasteiger partial charge in [-0.3, -0.25) is 0 Å². The van der Waals surface area contributed by atoms with Crippen LogP contribution in [0.4, 0.5) is 0 Å². The maximum absolute atomic E-state index is 11.3. The molecule has 2 rings (SSSR count). The van der Waals surface area contributed by atoms with Crippen LogP contribution in [0.5, 0.6) is 0 Å². The van der Waals surface area contributed by atoms with Gasteiger partial charge in [0, 0.05) is 30.1 Å². The molecule has 108 valence electrons. The number of rotatable bonds is 7. The third-order valence-electron chi connectivity index (χ3n) is 3.32. The maximum Gasteiger partial charge on any atom is 0.372 e. The first-order chi connectivity index (χ1) is 9.63. The SMILES string of the molecule is CC(CCCO)NCc1c(C(=O)O)oc2ccccc12. The van der Waals surface area contributed by atoms with E-state index in [0.29, 0.717) is 17.7 Å². The van der Waals surface area contributed by atoms with E-state index in [4.69, 9.17) is 9.52 Å². The van der Waals surface area contributed by atoms with Crippen molar-refractivity contribution in [2.75, 3.05) is 6.61 Å². The van der Waals surface area contributed by atoms with Crippen molar-refractivity contribution < 1.29 is 19.4 Å². The minimum atomic E-state index is -1.05. The summed E-state index contributed by atoms with van der Waals surface area (Å²) in [6.45, 7) is 2.62. The number of carbonyl (C=O) groups is 1. The predicted octanol–water partition coefficient (Wildman–Crippen LogP) is 2.38. The first-order valence-corrected chi connectivity index (χ1v) is 6.71. The van der Waals surface area contributed by atoms with E-state index in [1.54, 1.807) is 6.07 Å². The Balaban J connectivity index is 2.19. The second-order valence-corrected chi connectivity index (χ2v) is 4.86. The molecule has 1 aromatic carbocycles. The zero-order chi connectivity index (χ0) is 14.5. The normalized spacial score (nSPS) is 12.7. The van der Waals surface area contributed by atoms with Crippen LogP contribution >= 0.6 is 0 Å². The van der Waals surface area contributed by atoms with Crippen molar-refractivity contribution in [2.24, 2.45) is 0 Å². The average molecular weight is 277 g/mol. The van der Waals surface area contributed by atoms with Crippen molar-refractivity contribution in [1.82, 2.24) is 5.32 Å². The number of furan rings is 1. The zero-order valence-electron chi connectivity index (χ0n) is 11.4. The number of para-hydroxylation sites is 1. The van der Waals surface area contributed by atoms with Gasteiger partial charge in [0.2, 0.25) is 5.76 Å². The summed E-state index contributed by atoms with van der Waals surface area (Å²) < 4.78 is 5.39. The number of aliphatic hydroxyl groups is 1. The first kappa shape index (κ1) is 14.6. The number of nitrogens with one attached hydrogen (secondary N) is 1. The molecule has 0 aliphatic heterocycles. The minimum Gasteiger partial charge on any atom is -0.475 e. The van der Waals surface area contributed by atoms with Gasteiger partial charge in [0.1, 0.15) is 5.58 Å². The van der Waals surface area contributed by atoms with E-state index >= 15 is 0 Å². The van der Waals surface area contributed by atoms with Crippen molar-refractivity contribution in [3.05, 3.63) is 35.6 Å². The Kier molecular flexibility index (Phi) is 4.76. The number of aromatic carboxylic acids is 1. The summed E-state index contributed by atoms with van der Waals surface area (Å²) in [4.78, 5) is 11.3. The van der Waals surface area contributed by atoms with Crippen LogP contribution in [-0.4, -0.2) is 28.8 Å². The Labute approximate surface area is 117 Å². The molecule has 0 spiro atoms. The van der Waals surface area contributed by atoms with Gasteiger partial charge in [-0.05, 0) is 25.8 Å². The Morgan fingerprint density at radius 3 is 2.85 bits per heavy atom. The molecule has 0 radical (unpaired) electrons. The average Bonchev–Trinajstić information content (AvgIpc) is 2.82. The molecule has 1 aromatic heterocycles. The molecular formula is C15H19NO4.